The van der Waals surface area contributed by atoms with E-state index in [0.717, 1.165) is 5.56 Å². The number of aromatic amines is 1. The van der Waals surface area contributed by atoms with Gasteiger partial charge >= 0.3 is 0 Å². The van der Waals surface area contributed by atoms with E-state index in [-0.39, 0.29) is 16.0 Å². The van der Waals surface area contributed by atoms with Crippen LogP contribution in [0.1, 0.15) is 15.9 Å². The molecule has 0 radical (unpaired) electrons. The number of hydrogen-bond donors (Lipinski definition) is 2. The smallest absolute Gasteiger partial charge is 0.261 e. The van der Waals surface area contributed by atoms with Gasteiger partial charge in [-0.25, -0.2) is 4.39 Å². The Balaban J connectivity index is 2.00. The molecule has 0 atom stereocenters. The summed E-state index contributed by atoms with van der Waals surface area (Å²) in [5.41, 5.74) is 1.37. The Hall–Kier alpha value is -2.80. The molecule has 2 aromatic carbocycles. The summed E-state index contributed by atoms with van der Waals surface area (Å²) in [6, 6.07) is 9.14. The number of rotatable bonds is 2. The summed E-state index contributed by atoms with van der Waals surface area (Å²) in [7, 11) is 1.57. The molecule has 1 aromatic heterocycles. The lowest BCUT2D eigenvalue weighted by atomic mass is 10.1. The number of carbonyl (C=O) groups is 1. The highest BCUT2D eigenvalue weighted by atomic mass is 32.1. The van der Waals surface area contributed by atoms with Crippen LogP contribution in [-0.2, 0) is 7.05 Å². The zero-order valence-electron chi connectivity index (χ0n) is 13.0. The number of benzene rings is 2. The SMILES string of the molecule is Cc1ccc(NC(=O)c2ccc3c(=O)n(C)c(=S)[nH]c3c2)c(F)c1. The second-order valence-electron chi connectivity index (χ2n) is 5.49. The standard InChI is InChI=1S/C17H14FN3O2S/c1-9-3-6-13(12(18)7-9)19-15(22)10-4-5-11-14(8-10)20-17(24)21(2)16(11)23/h3-8H,1-2H3,(H,19,22)(H,20,24). The molecule has 0 spiro atoms. The molecule has 0 saturated heterocycles. The van der Waals surface area contributed by atoms with Crippen LogP contribution < -0.4 is 10.9 Å². The zero-order chi connectivity index (χ0) is 17.4. The average Bonchev–Trinajstić information content (AvgIpc) is 2.54. The first-order valence-electron chi connectivity index (χ1n) is 7.17. The lowest BCUT2D eigenvalue weighted by molar-refractivity contribution is 0.102. The van der Waals surface area contributed by atoms with Gasteiger partial charge in [-0.15, -0.1) is 0 Å². The van der Waals surface area contributed by atoms with Crippen molar-refractivity contribution in [3.05, 3.63) is 68.5 Å². The molecule has 122 valence electrons. The Bertz CT molecular complexity index is 1090. The summed E-state index contributed by atoms with van der Waals surface area (Å²) in [6.07, 6.45) is 0. The molecule has 0 fully saturated rings. The lowest BCUT2D eigenvalue weighted by Gasteiger charge is -2.08. The van der Waals surface area contributed by atoms with Gasteiger partial charge in [-0.05, 0) is 55.0 Å². The molecule has 0 aliphatic rings. The molecule has 0 aliphatic carbocycles. The number of aryl methyl sites for hydroxylation is 1. The van der Waals surface area contributed by atoms with E-state index in [9.17, 15) is 14.0 Å². The molecule has 1 heterocycles. The second-order valence-corrected chi connectivity index (χ2v) is 5.88. The summed E-state index contributed by atoms with van der Waals surface area (Å²) < 4.78 is 15.4. The Kier molecular flexibility index (Phi) is 4.02. The van der Waals surface area contributed by atoms with E-state index in [1.807, 2.05) is 0 Å². The van der Waals surface area contributed by atoms with Crippen LogP contribution in [-0.4, -0.2) is 15.5 Å². The van der Waals surface area contributed by atoms with Gasteiger partial charge in [0.15, 0.2) is 4.77 Å². The minimum Gasteiger partial charge on any atom is -0.332 e. The first-order valence-corrected chi connectivity index (χ1v) is 7.58. The van der Waals surface area contributed by atoms with Crippen molar-refractivity contribution in [3.8, 4) is 0 Å². The van der Waals surface area contributed by atoms with Crippen LogP contribution in [0.15, 0.2) is 41.2 Å². The summed E-state index contributed by atoms with van der Waals surface area (Å²) in [5.74, 6) is -0.975. The van der Waals surface area contributed by atoms with Crippen LogP contribution >= 0.6 is 12.2 Å². The largest absolute Gasteiger partial charge is 0.332 e. The Morgan fingerprint density at radius 3 is 2.71 bits per heavy atom. The molecule has 2 N–H and O–H groups in total. The fourth-order valence-corrected chi connectivity index (χ4v) is 2.56. The van der Waals surface area contributed by atoms with Crippen LogP contribution in [0.5, 0.6) is 0 Å². The molecule has 1 amide bonds. The number of H-pyrrole nitrogens is 1. The molecule has 0 bridgehead atoms. The van der Waals surface area contributed by atoms with Crippen LogP contribution in [0.25, 0.3) is 10.9 Å². The van der Waals surface area contributed by atoms with Crippen LogP contribution in [0.3, 0.4) is 0 Å². The van der Waals surface area contributed by atoms with Crippen molar-refractivity contribution < 1.29 is 9.18 Å². The predicted molar refractivity (Wildman–Crippen MR) is 93.5 cm³/mol. The van der Waals surface area contributed by atoms with Gasteiger partial charge in [0.2, 0.25) is 0 Å². The number of anilines is 1. The Morgan fingerprint density at radius 1 is 1.25 bits per heavy atom. The normalized spacial score (nSPS) is 10.8. The average molecular weight is 343 g/mol. The van der Waals surface area contributed by atoms with Crippen LogP contribution in [0.4, 0.5) is 10.1 Å². The molecule has 0 aliphatic heterocycles. The monoisotopic (exact) mass is 343 g/mol. The number of nitrogens with zero attached hydrogens (tertiary/aromatic N) is 1. The van der Waals surface area contributed by atoms with E-state index in [0.29, 0.717) is 16.5 Å². The van der Waals surface area contributed by atoms with Gasteiger partial charge in [-0.1, -0.05) is 6.07 Å². The maximum atomic E-state index is 13.9. The molecular formula is C17H14FN3O2S. The number of nitrogens with one attached hydrogen (secondary N) is 2. The number of amides is 1. The number of carbonyl (C=O) groups excluding carboxylic acids is 1. The van der Waals surface area contributed by atoms with Gasteiger partial charge < -0.3 is 10.3 Å². The van der Waals surface area contributed by atoms with Gasteiger partial charge in [-0.3, -0.25) is 14.2 Å². The first kappa shape index (κ1) is 16.1. The number of hydrogen-bond acceptors (Lipinski definition) is 3. The summed E-state index contributed by atoms with van der Waals surface area (Å²) >= 11 is 5.07. The fraction of sp³-hybridized carbons (Fsp3) is 0.118. The van der Waals surface area contributed by atoms with E-state index in [1.165, 1.54) is 28.8 Å². The first-order chi connectivity index (χ1) is 11.4. The van der Waals surface area contributed by atoms with Crippen molar-refractivity contribution in [1.82, 2.24) is 9.55 Å². The van der Waals surface area contributed by atoms with E-state index in [2.05, 4.69) is 10.3 Å². The van der Waals surface area contributed by atoms with Crippen molar-refractivity contribution in [3.63, 3.8) is 0 Å². The van der Waals surface area contributed by atoms with Crippen molar-refractivity contribution in [2.45, 2.75) is 6.92 Å². The second kappa shape index (κ2) is 6.01. The number of aromatic nitrogens is 2. The summed E-state index contributed by atoms with van der Waals surface area (Å²) in [4.78, 5) is 27.4. The van der Waals surface area contributed by atoms with E-state index in [1.54, 1.807) is 26.1 Å². The molecule has 24 heavy (non-hydrogen) atoms. The third-order valence-electron chi connectivity index (χ3n) is 3.74. The molecule has 5 nitrogen and oxygen atoms in total. The van der Waals surface area contributed by atoms with Crippen LogP contribution in [0, 0.1) is 17.5 Å². The van der Waals surface area contributed by atoms with Crippen molar-refractivity contribution in [2.75, 3.05) is 5.32 Å². The molecule has 0 saturated carbocycles. The highest BCUT2D eigenvalue weighted by Crippen LogP contribution is 2.17. The maximum Gasteiger partial charge on any atom is 0.261 e. The van der Waals surface area contributed by atoms with Crippen molar-refractivity contribution in [1.29, 1.82) is 0 Å². The summed E-state index contributed by atoms with van der Waals surface area (Å²) in [6.45, 7) is 1.76. The highest BCUT2D eigenvalue weighted by Gasteiger charge is 2.11. The van der Waals surface area contributed by atoms with Gasteiger partial charge in [-0.2, -0.15) is 0 Å². The molecule has 3 rings (SSSR count). The fourth-order valence-electron chi connectivity index (χ4n) is 2.36. The molecule has 7 heteroatoms. The predicted octanol–water partition coefficient (Wildman–Crippen LogP) is 3.30. The third-order valence-corrected chi connectivity index (χ3v) is 4.11. The van der Waals surface area contributed by atoms with Gasteiger partial charge in [0, 0.05) is 12.6 Å². The molecular weight excluding hydrogens is 329 g/mol. The Morgan fingerprint density at radius 2 is 2.00 bits per heavy atom. The van der Waals surface area contributed by atoms with Crippen molar-refractivity contribution in [2.24, 2.45) is 7.05 Å². The van der Waals surface area contributed by atoms with E-state index < -0.39 is 11.7 Å². The topological polar surface area (TPSA) is 66.9 Å². The quantitative estimate of drug-likeness (QED) is 0.702. The minimum absolute atomic E-state index is 0.0996. The minimum atomic E-state index is -0.502. The number of halogens is 1. The zero-order valence-corrected chi connectivity index (χ0v) is 13.8. The van der Waals surface area contributed by atoms with Gasteiger partial charge in [0.05, 0.1) is 16.6 Å². The maximum absolute atomic E-state index is 13.9. The highest BCUT2D eigenvalue weighted by molar-refractivity contribution is 7.71. The van der Waals surface area contributed by atoms with E-state index in [4.69, 9.17) is 12.2 Å². The number of fused-ring (bicyclic) bond motifs is 1. The van der Waals surface area contributed by atoms with Crippen molar-refractivity contribution >= 4 is 34.7 Å². The molecule has 0 unspecified atom stereocenters. The molecule has 3 aromatic rings. The van der Waals surface area contributed by atoms with Gasteiger partial charge in [0.25, 0.3) is 11.5 Å². The van der Waals surface area contributed by atoms with Crippen LogP contribution in [0.2, 0.25) is 0 Å². The van der Waals surface area contributed by atoms with E-state index >= 15 is 0 Å². The Labute approximate surface area is 141 Å². The van der Waals surface area contributed by atoms with Gasteiger partial charge in [0.1, 0.15) is 5.82 Å². The summed E-state index contributed by atoms with van der Waals surface area (Å²) in [5, 5.41) is 2.94. The lowest BCUT2D eigenvalue weighted by Crippen LogP contribution is -2.19. The third kappa shape index (κ3) is 2.85.